The van der Waals surface area contributed by atoms with Gasteiger partial charge in [0.2, 0.25) is 5.91 Å². The van der Waals surface area contributed by atoms with E-state index in [0.29, 0.717) is 11.0 Å². The summed E-state index contributed by atoms with van der Waals surface area (Å²) in [6, 6.07) is 5.55. The molecular weight excluding hydrogens is 396 g/mol. The number of rotatable bonds is 4. The Labute approximate surface area is 179 Å². The van der Waals surface area contributed by atoms with E-state index in [1.165, 1.54) is 23.5 Å². The maximum Gasteiger partial charge on any atom is 0.321 e. The molecule has 0 unspecified atom stereocenters. The maximum atomic E-state index is 12.8. The van der Waals surface area contributed by atoms with Crippen LogP contribution in [0.2, 0.25) is 0 Å². The van der Waals surface area contributed by atoms with E-state index in [9.17, 15) is 14.4 Å². The fraction of sp³-hybridized carbons (Fsp3) is 0.409. The number of carbonyl (C=O) groups is 2. The van der Waals surface area contributed by atoms with Crippen LogP contribution in [0.4, 0.5) is 4.79 Å². The van der Waals surface area contributed by atoms with Crippen LogP contribution in [0, 0.1) is 13.8 Å². The maximum absolute atomic E-state index is 12.8. The van der Waals surface area contributed by atoms with Crippen molar-refractivity contribution in [1.29, 1.82) is 0 Å². The number of amides is 3. The van der Waals surface area contributed by atoms with Crippen molar-refractivity contribution in [3.05, 3.63) is 52.2 Å². The summed E-state index contributed by atoms with van der Waals surface area (Å²) in [6.07, 6.45) is 7.94. The van der Waals surface area contributed by atoms with Gasteiger partial charge in [-0.25, -0.2) is 14.5 Å². The minimum absolute atomic E-state index is 0.0957. The fourth-order valence-corrected chi connectivity index (χ4v) is 4.11. The molecule has 1 aliphatic rings. The van der Waals surface area contributed by atoms with Crippen LogP contribution in [0.25, 0.3) is 16.7 Å². The minimum Gasteiger partial charge on any atom is -0.335 e. The molecule has 1 saturated carbocycles. The van der Waals surface area contributed by atoms with Gasteiger partial charge in [-0.15, -0.1) is 0 Å². The molecule has 9 nitrogen and oxygen atoms in total. The molecule has 1 aliphatic carbocycles. The Bertz CT molecular complexity index is 1170. The lowest BCUT2D eigenvalue weighted by molar-refractivity contribution is -0.120. The predicted molar refractivity (Wildman–Crippen MR) is 116 cm³/mol. The summed E-state index contributed by atoms with van der Waals surface area (Å²) in [4.78, 5) is 41.5. The number of fused-ring (bicyclic) bond motifs is 1. The molecule has 2 aromatic heterocycles. The van der Waals surface area contributed by atoms with Gasteiger partial charge in [-0.3, -0.25) is 19.5 Å². The first-order valence-corrected chi connectivity index (χ1v) is 10.5. The molecule has 0 spiro atoms. The predicted octanol–water partition coefficient (Wildman–Crippen LogP) is 2.36. The summed E-state index contributed by atoms with van der Waals surface area (Å²) in [5, 5.41) is 9.75. The van der Waals surface area contributed by atoms with Gasteiger partial charge in [0.1, 0.15) is 18.3 Å². The van der Waals surface area contributed by atoms with Gasteiger partial charge in [-0.05, 0) is 49.9 Å². The number of hydrogen-bond acceptors (Lipinski definition) is 5. The summed E-state index contributed by atoms with van der Waals surface area (Å²) < 4.78 is 2.79. The Hall–Kier alpha value is -3.49. The zero-order chi connectivity index (χ0) is 22.0. The molecule has 3 aromatic rings. The topological polar surface area (TPSA) is 111 Å². The van der Waals surface area contributed by atoms with Gasteiger partial charge in [0, 0.05) is 6.04 Å². The van der Waals surface area contributed by atoms with Crippen molar-refractivity contribution in [3.63, 3.8) is 0 Å². The summed E-state index contributed by atoms with van der Waals surface area (Å²) in [5.74, 6) is -0.571. The van der Waals surface area contributed by atoms with Crippen molar-refractivity contribution in [2.75, 3.05) is 0 Å². The molecule has 4 rings (SSSR count). The highest BCUT2D eigenvalue weighted by Crippen LogP contribution is 2.18. The minimum atomic E-state index is -0.571. The highest BCUT2D eigenvalue weighted by Gasteiger charge is 2.18. The molecule has 0 radical (unpaired) electrons. The van der Waals surface area contributed by atoms with Crippen molar-refractivity contribution in [2.24, 2.45) is 0 Å². The Morgan fingerprint density at radius 2 is 1.81 bits per heavy atom. The number of nitrogens with zero attached hydrogens (tertiary/aromatic N) is 4. The second kappa shape index (κ2) is 8.71. The Morgan fingerprint density at radius 1 is 1.10 bits per heavy atom. The molecule has 1 fully saturated rings. The van der Waals surface area contributed by atoms with Crippen molar-refractivity contribution in [2.45, 2.75) is 58.5 Å². The number of aryl methyl sites for hydroxylation is 2. The van der Waals surface area contributed by atoms with Crippen LogP contribution in [0.1, 0.15) is 43.2 Å². The molecule has 0 aliphatic heterocycles. The van der Waals surface area contributed by atoms with E-state index in [0.717, 1.165) is 42.5 Å². The fourth-order valence-electron chi connectivity index (χ4n) is 4.11. The SMILES string of the molecule is Cc1cc(C)cc(-n2ncc3c(=O)n(CC(=O)NC(=O)NC4CCCCC4)cnc32)c1. The summed E-state index contributed by atoms with van der Waals surface area (Å²) in [5.41, 5.74) is 3.00. The van der Waals surface area contributed by atoms with E-state index in [-0.39, 0.29) is 18.1 Å². The van der Waals surface area contributed by atoms with Gasteiger partial charge < -0.3 is 5.32 Å². The average Bonchev–Trinajstić information content (AvgIpc) is 3.15. The molecule has 2 N–H and O–H groups in total. The Balaban J connectivity index is 1.49. The van der Waals surface area contributed by atoms with E-state index in [2.05, 4.69) is 26.8 Å². The summed E-state index contributed by atoms with van der Waals surface area (Å²) in [6.45, 7) is 3.69. The highest BCUT2D eigenvalue weighted by atomic mass is 16.2. The summed E-state index contributed by atoms with van der Waals surface area (Å²) >= 11 is 0. The van der Waals surface area contributed by atoms with Crippen molar-refractivity contribution in [1.82, 2.24) is 30.0 Å². The first-order chi connectivity index (χ1) is 14.9. The second-order valence-corrected chi connectivity index (χ2v) is 8.17. The number of nitrogens with one attached hydrogen (secondary N) is 2. The van der Waals surface area contributed by atoms with Crippen LogP contribution >= 0.6 is 0 Å². The first-order valence-electron chi connectivity index (χ1n) is 10.5. The highest BCUT2D eigenvalue weighted by molar-refractivity contribution is 5.94. The second-order valence-electron chi connectivity index (χ2n) is 8.17. The number of benzene rings is 1. The molecule has 2 heterocycles. The third-order valence-electron chi connectivity index (χ3n) is 5.51. The lowest BCUT2D eigenvalue weighted by atomic mass is 9.96. The van der Waals surface area contributed by atoms with Crippen LogP contribution in [0.3, 0.4) is 0 Å². The molecule has 162 valence electrons. The molecular formula is C22H26N6O3. The van der Waals surface area contributed by atoms with Gasteiger partial charge in [-0.2, -0.15) is 5.10 Å². The smallest absolute Gasteiger partial charge is 0.321 e. The van der Waals surface area contributed by atoms with Crippen LogP contribution in [-0.4, -0.2) is 37.3 Å². The molecule has 0 bridgehead atoms. The average molecular weight is 422 g/mol. The zero-order valence-corrected chi connectivity index (χ0v) is 17.7. The number of carbonyl (C=O) groups excluding carboxylic acids is 2. The normalized spacial score (nSPS) is 14.5. The van der Waals surface area contributed by atoms with Crippen molar-refractivity contribution >= 4 is 23.0 Å². The van der Waals surface area contributed by atoms with E-state index in [1.807, 2.05) is 26.0 Å². The summed E-state index contributed by atoms with van der Waals surface area (Å²) in [7, 11) is 0. The number of aromatic nitrogens is 4. The third kappa shape index (κ3) is 4.65. The van der Waals surface area contributed by atoms with Crippen LogP contribution in [-0.2, 0) is 11.3 Å². The standard InChI is InChI=1S/C22H26N6O3/c1-14-8-15(2)10-17(9-14)28-20-18(11-24-28)21(30)27(13-23-20)12-19(29)26-22(31)25-16-6-4-3-5-7-16/h8-11,13,16H,3-7,12H2,1-2H3,(H2,25,26,29,31). The third-order valence-corrected chi connectivity index (χ3v) is 5.51. The molecule has 3 amide bonds. The molecule has 0 saturated heterocycles. The Morgan fingerprint density at radius 3 is 2.52 bits per heavy atom. The molecule has 1 aromatic carbocycles. The quantitative estimate of drug-likeness (QED) is 0.671. The van der Waals surface area contributed by atoms with Gasteiger partial charge in [0.25, 0.3) is 5.56 Å². The van der Waals surface area contributed by atoms with E-state index < -0.39 is 11.9 Å². The van der Waals surface area contributed by atoms with Gasteiger partial charge in [0.15, 0.2) is 5.65 Å². The van der Waals surface area contributed by atoms with Crippen LogP contribution < -0.4 is 16.2 Å². The van der Waals surface area contributed by atoms with Crippen LogP contribution in [0.5, 0.6) is 0 Å². The monoisotopic (exact) mass is 422 g/mol. The largest absolute Gasteiger partial charge is 0.335 e. The lowest BCUT2D eigenvalue weighted by Crippen LogP contribution is -2.46. The number of urea groups is 1. The molecule has 31 heavy (non-hydrogen) atoms. The van der Waals surface area contributed by atoms with E-state index >= 15 is 0 Å². The number of imide groups is 1. The van der Waals surface area contributed by atoms with Gasteiger partial charge in [-0.1, -0.05) is 25.3 Å². The number of hydrogen-bond donors (Lipinski definition) is 2. The zero-order valence-electron chi connectivity index (χ0n) is 17.7. The Kier molecular flexibility index (Phi) is 5.83. The van der Waals surface area contributed by atoms with E-state index in [1.54, 1.807) is 4.68 Å². The van der Waals surface area contributed by atoms with Gasteiger partial charge in [0.05, 0.1) is 11.9 Å². The van der Waals surface area contributed by atoms with Crippen molar-refractivity contribution < 1.29 is 9.59 Å². The van der Waals surface area contributed by atoms with Gasteiger partial charge >= 0.3 is 6.03 Å². The van der Waals surface area contributed by atoms with Crippen molar-refractivity contribution in [3.8, 4) is 5.69 Å². The lowest BCUT2D eigenvalue weighted by Gasteiger charge is -2.22. The van der Waals surface area contributed by atoms with Crippen LogP contribution in [0.15, 0.2) is 35.5 Å². The molecule has 9 heteroatoms. The van der Waals surface area contributed by atoms with E-state index in [4.69, 9.17) is 0 Å². The first kappa shape index (κ1) is 20.8. The molecule has 0 atom stereocenters.